The molecule has 0 atom stereocenters. The molecule has 0 aliphatic carbocycles. The zero-order valence-corrected chi connectivity index (χ0v) is 14.7. The van der Waals surface area contributed by atoms with E-state index in [0.717, 1.165) is 0 Å². The quantitative estimate of drug-likeness (QED) is 0.622. The first-order chi connectivity index (χ1) is 11.5. The topological polar surface area (TPSA) is 59.9 Å². The molecule has 0 unspecified atom stereocenters. The molecule has 5 nitrogen and oxygen atoms in total. The first-order valence-electron chi connectivity index (χ1n) is 7.05. The molecule has 0 bridgehead atoms. The lowest BCUT2D eigenvalue weighted by Crippen LogP contribution is -2.25. The molecule has 0 aliphatic rings. The van der Waals surface area contributed by atoms with E-state index in [9.17, 15) is 4.79 Å². The van der Waals surface area contributed by atoms with Gasteiger partial charge in [0.2, 0.25) is 0 Å². The van der Waals surface area contributed by atoms with Crippen LogP contribution in [0, 0.1) is 0 Å². The van der Waals surface area contributed by atoms with Gasteiger partial charge < -0.3 is 9.47 Å². The van der Waals surface area contributed by atoms with Crippen molar-refractivity contribution in [1.82, 2.24) is 5.43 Å². The number of rotatable bonds is 6. The van der Waals surface area contributed by atoms with E-state index in [1.165, 1.54) is 7.11 Å². The lowest BCUT2D eigenvalue weighted by atomic mass is 10.1. The normalized spacial score (nSPS) is 11.1. The summed E-state index contributed by atoms with van der Waals surface area (Å²) in [6.07, 6.45) is 0. The lowest BCUT2D eigenvalue weighted by Gasteiger charge is -2.09. The van der Waals surface area contributed by atoms with Gasteiger partial charge in [0.1, 0.15) is 0 Å². The summed E-state index contributed by atoms with van der Waals surface area (Å²) in [5, 5.41) is 5.05. The Labute approximate surface area is 150 Å². The summed E-state index contributed by atoms with van der Waals surface area (Å²) in [5.74, 6) is 0.628. The van der Waals surface area contributed by atoms with Gasteiger partial charge in [-0.3, -0.25) is 4.79 Å². The van der Waals surface area contributed by atoms with E-state index in [4.69, 9.17) is 32.7 Å². The third-order valence-electron chi connectivity index (χ3n) is 3.09. The number of amides is 1. The second kappa shape index (κ2) is 8.57. The van der Waals surface area contributed by atoms with Crippen molar-refractivity contribution in [2.75, 3.05) is 13.7 Å². The zero-order chi connectivity index (χ0) is 17.5. The van der Waals surface area contributed by atoms with Gasteiger partial charge in [-0.05, 0) is 37.3 Å². The third kappa shape index (κ3) is 4.88. The van der Waals surface area contributed by atoms with Gasteiger partial charge in [-0.25, -0.2) is 5.43 Å². The van der Waals surface area contributed by atoms with Crippen molar-refractivity contribution in [1.29, 1.82) is 0 Å². The lowest BCUT2D eigenvalue weighted by molar-refractivity contribution is -0.123. The van der Waals surface area contributed by atoms with Gasteiger partial charge in [-0.1, -0.05) is 35.3 Å². The first-order valence-corrected chi connectivity index (χ1v) is 7.81. The number of benzene rings is 2. The van der Waals surface area contributed by atoms with Crippen molar-refractivity contribution in [3.8, 4) is 11.5 Å². The van der Waals surface area contributed by atoms with Crippen LogP contribution in [0.2, 0.25) is 10.0 Å². The molecule has 0 aliphatic heterocycles. The number of methoxy groups -OCH3 is 1. The van der Waals surface area contributed by atoms with E-state index in [0.29, 0.717) is 32.8 Å². The molecule has 0 saturated heterocycles. The van der Waals surface area contributed by atoms with E-state index < -0.39 is 5.91 Å². The van der Waals surface area contributed by atoms with Crippen LogP contribution >= 0.6 is 23.2 Å². The Bertz CT molecular complexity index is 763. The van der Waals surface area contributed by atoms with E-state index in [-0.39, 0.29) is 6.61 Å². The van der Waals surface area contributed by atoms with Gasteiger partial charge in [0.25, 0.3) is 5.91 Å². The highest BCUT2D eigenvalue weighted by Gasteiger charge is 2.08. The minimum atomic E-state index is -0.404. The first kappa shape index (κ1) is 18.1. The van der Waals surface area contributed by atoms with Crippen molar-refractivity contribution in [3.05, 3.63) is 58.1 Å². The van der Waals surface area contributed by atoms with Crippen molar-refractivity contribution >= 4 is 34.8 Å². The fourth-order valence-electron chi connectivity index (χ4n) is 1.89. The van der Waals surface area contributed by atoms with Gasteiger partial charge in [-0.15, -0.1) is 0 Å². The number of carbonyl (C=O) groups is 1. The zero-order valence-electron chi connectivity index (χ0n) is 13.2. The predicted octanol–water partition coefficient (Wildman–Crippen LogP) is 3.92. The molecule has 1 amide bonds. The summed E-state index contributed by atoms with van der Waals surface area (Å²) < 4.78 is 10.6. The Kier molecular flexibility index (Phi) is 6.46. The Morgan fingerprint density at radius 3 is 2.58 bits per heavy atom. The van der Waals surface area contributed by atoms with E-state index in [1.807, 2.05) is 6.07 Å². The van der Waals surface area contributed by atoms with Crippen LogP contribution in [0.5, 0.6) is 11.5 Å². The summed E-state index contributed by atoms with van der Waals surface area (Å²) in [6.45, 7) is 1.53. The molecule has 0 aromatic heterocycles. The highest BCUT2D eigenvalue weighted by molar-refractivity contribution is 6.36. The Balaban J connectivity index is 1.96. The summed E-state index contributed by atoms with van der Waals surface area (Å²) in [4.78, 5) is 11.9. The summed E-state index contributed by atoms with van der Waals surface area (Å²) in [5.41, 5.74) is 3.60. The van der Waals surface area contributed by atoms with E-state index in [2.05, 4.69) is 10.5 Å². The van der Waals surface area contributed by atoms with Crippen LogP contribution in [0.3, 0.4) is 0 Å². The second-order valence-corrected chi connectivity index (χ2v) is 5.64. The predicted molar refractivity (Wildman–Crippen MR) is 95.3 cm³/mol. The molecule has 2 aromatic carbocycles. The van der Waals surface area contributed by atoms with Gasteiger partial charge in [-0.2, -0.15) is 5.10 Å². The van der Waals surface area contributed by atoms with Crippen molar-refractivity contribution in [2.45, 2.75) is 6.92 Å². The standard InChI is InChI=1S/C17H16Cl2N2O3/c1-11(13-9-12(18)7-8-14(13)19)20-21-17(22)10-24-16-6-4-3-5-15(16)23-2/h3-9H,10H2,1-2H3,(H,21,22)/b20-11-. The van der Waals surface area contributed by atoms with Crippen LogP contribution in [0.15, 0.2) is 47.6 Å². The average Bonchev–Trinajstić information content (AvgIpc) is 2.60. The second-order valence-electron chi connectivity index (χ2n) is 4.80. The SMILES string of the molecule is COc1ccccc1OCC(=O)N/N=C(/C)c1cc(Cl)ccc1Cl. The summed E-state index contributed by atoms with van der Waals surface area (Å²) >= 11 is 12.0. The Morgan fingerprint density at radius 1 is 1.17 bits per heavy atom. The molecule has 0 heterocycles. The maximum Gasteiger partial charge on any atom is 0.277 e. The number of nitrogens with one attached hydrogen (secondary N) is 1. The summed E-state index contributed by atoms with van der Waals surface area (Å²) in [7, 11) is 1.53. The largest absolute Gasteiger partial charge is 0.493 e. The molecule has 0 spiro atoms. The maximum absolute atomic E-state index is 11.9. The fraction of sp³-hybridized carbons (Fsp3) is 0.176. The molecule has 24 heavy (non-hydrogen) atoms. The molecule has 0 saturated carbocycles. The number of para-hydroxylation sites is 2. The number of hydrogen-bond donors (Lipinski definition) is 1. The van der Waals surface area contributed by atoms with Gasteiger partial charge in [0.15, 0.2) is 18.1 Å². The molecule has 0 radical (unpaired) electrons. The van der Waals surface area contributed by atoms with Crippen molar-refractivity contribution in [2.24, 2.45) is 5.10 Å². The van der Waals surface area contributed by atoms with E-state index >= 15 is 0 Å². The average molecular weight is 367 g/mol. The highest BCUT2D eigenvalue weighted by atomic mass is 35.5. The molecular weight excluding hydrogens is 351 g/mol. The summed E-state index contributed by atoms with van der Waals surface area (Å²) in [6, 6.07) is 12.1. The van der Waals surface area contributed by atoms with Crippen LogP contribution in [0.1, 0.15) is 12.5 Å². The van der Waals surface area contributed by atoms with Gasteiger partial charge in [0, 0.05) is 15.6 Å². The fourth-order valence-corrected chi connectivity index (χ4v) is 2.32. The van der Waals surface area contributed by atoms with Crippen LogP contribution in [0.4, 0.5) is 0 Å². The van der Waals surface area contributed by atoms with Crippen molar-refractivity contribution in [3.63, 3.8) is 0 Å². The molecule has 126 valence electrons. The monoisotopic (exact) mass is 366 g/mol. The minimum Gasteiger partial charge on any atom is -0.493 e. The maximum atomic E-state index is 11.9. The van der Waals surface area contributed by atoms with Gasteiger partial charge in [0.05, 0.1) is 12.8 Å². The number of carbonyl (C=O) groups excluding carboxylic acids is 1. The van der Waals surface area contributed by atoms with Crippen molar-refractivity contribution < 1.29 is 14.3 Å². The van der Waals surface area contributed by atoms with Gasteiger partial charge >= 0.3 is 0 Å². The van der Waals surface area contributed by atoms with Crippen LogP contribution in [-0.4, -0.2) is 25.3 Å². The van der Waals surface area contributed by atoms with E-state index in [1.54, 1.807) is 43.3 Å². The Hall–Kier alpha value is -2.24. The molecule has 1 N–H and O–H groups in total. The number of halogens is 2. The molecule has 7 heteroatoms. The van der Waals surface area contributed by atoms with Crippen LogP contribution in [0.25, 0.3) is 0 Å². The molecule has 2 aromatic rings. The number of hydrazone groups is 1. The molecular formula is C17H16Cl2N2O3. The molecule has 2 rings (SSSR count). The van der Waals surface area contributed by atoms with Crippen LogP contribution < -0.4 is 14.9 Å². The number of hydrogen-bond acceptors (Lipinski definition) is 4. The Morgan fingerprint density at radius 2 is 1.88 bits per heavy atom. The molecule has 0 fully saturated rings. The number of ether oxygens (including phenoxy) is 2. The highest BCUT2D eigenvalue weighted by Crippen LogP contribution is 2.25. The number of nitrogens with zero attached hydrogens (tertiary/aromatic N) is 1. The third-order valence-corrected chi connectivity index (χ3v) is 3.66. The minimum absolute atomic E-state index is 0.194. The van der Waals surface area contributed by atoms with Crippen LogP contribution in [-0.2, 0) is 4.79 Å². The smallest absolute Gasteiger partial charge is 0.277 e.